The van der Waals surface area contributed by atoms with Crippen molar-refractivity contribution in [2.45, 2.75) is 13.0 Å². The maximum absolute atomic E-state index is 11.9. The van der Waals surface area contributed by atoms with E-state index >= 15 is 0 Å². The summed E-state index contributed by atoms with van der Waals surface area (Å²) in [6.07, 6.45) is 0. The number of benzene rings is 2. The number of amides is 1. The number of esters is 1. The SMILES string of the molecule is CC(NC(=O)COC(=O)COc1ccccc1)c1ccc(Cl)cc1Cl. The van der Waals surface area contributed by atoms with Crippen molar-refractivity contribution < 1.29 is 19.1 Å². The Kier molecular flexibility index (Phi) is 7.10. The van der Waals surface area contributed by atoms with Crippen LogP contribution in [-0.4, -0.2) is 25.1 Å². The van der Waals surface area contributed by atoms with E-state index in [1.807, 2.05) is 6.07 Å². The fraction of sp³-hybridized carbons (Fsp3) is 0.222. The maximum atomic E-state index is 11.9. The molecule has 25 heavy (non-hydrogen) atoms. The molecule has 0 aliphatic rings. The summed E-state index contributed by atoms with van der Waals surface area (Å²) in [5.74, 6) is -0.516. The molecule has 2 aromatic rings. The van der Waals surface area contributed by atoms with Crippen LogP contribution in [0.4, 0.5) is 0 Å². The van der Waals surface area contributed by atoms with E-state index in [1.165, 1.54) is 0 Å². The van der Waals surface area contributed by atoms with Gasteiger partial charge in [0, 0.05) is 10.0 Å². The largest absolute Gasteiger partial charge is 0.482 e. The van der Waals surface area contributed by atoms with Gasteiger partial charge in [0.2, 0.25) is 0 Å². The van der Waals surface area contributed by atoms with E-state index in [0.717, 1.165) is 5.56 Å². The van der Waals surface area contributed by atoms with Gasteiger partial charge in [-0.15, -0.1) is 0 Å². The highest BCUT2D eigenvalue weighted by molar-refractivity contribution is 6.35. The van der Waals surface area contributed by atoms with Gasteiger partial charge in [-0.2, -0.15) is 0 Å². The summed E-state index contributed by atoms with van der Waals surface area (Å²) in [6, 6.07) is 13.5. The molecule has 0 radical (unpaired) electrons. The zero-order valence-corrected chi connectivity index (χ0v) is 15.0. The van der Waals surface area contributed by atoms with Gasteiger partial charge in [0.15, 0.2) is 13.2 Å². The Morgan fingerprint density at radius 2 is 1.80 bits per heavy atom. The van der Waals surface area contributed by atoms with Crippen LogP contribution in [0.2, 0.25) is 10.0 Å². The lowest BCUT2D eigenvalue weighted by atomic mass is 10.1. The van der Waals surface area contributed by atoms with Crippen molar-refractivity contribution in [2.24, 2.45) is 0 Å². The van der Waals surface area contributed by atoms with Gasteiger partial charge in [0.05, 0.1) is 6.04 Å². The normalized spacial score (nSPS) is 11.5. The van der Waals surface area contributed by atoms with E-state index in [9.17, 15) is 9.59 Å². The van der Waals surface area contributed by atoms with Crippen molar-refractivity contribution in [3.8, 4) is 5.75 Å². The molecule has 1 unspecified atom stereocenters. The molecule has 0 fully saturated rings. The number of carbonyl (C=O) groups is 2. The van der Waals surface area contributed by atoms with E-state index in [-0.39, 0.29) is 12.6 Å². The predicted molar refractivity (Wildman–Crippen MR) is 95.9 cm³/mol. The Bertz CT molecular complexity index is 737. The van der Waals surface area contributed by atoms with Gasteiger partial charge in [0.1, 0.15) is 5.75 Å². The van der Waals surface area contributed by atoms with Crippen molar-refractivity contribution in [1.29, 1.82) is 0 Å². The smallest absolute Gasteiger partial charge is 0.344 e. The third-order valence-corrected chi connectivity index (χ3v) is 3.83. The summed E-state index contributed by atoms with van der Waals surface area (Å²) in [6.45, 7) is 1.11. The van der Waals surface area contributed by atoms with Crippen LogP contribution < -0.4 is 10.1 Å². The third kappa shape index (κ3) is 6.29. The van der Waals surface area contributed by atoms with Crippen LogP contribution in [0.5, 0.6) is 5.75 Å². The van der Waals surface area contributed by atoms with Crippen molar-refractivity contribution in [1.82, 2.24) is 5.32 Å². The lowest BCUT2D eigenvalue weighted by Crippen LogP contribution is -2.32. The van der Waals surface area contributed by atoms with Crippen LogP contribution in [0, 0.1) is 0 Å². The lowest BCUT2D eigenvalue weighted by molar-refractivity contribution is -0.150. The standard InChI is InChI=1S/C18H17Cl2NO4/c1-12(15-8-7-13(19)9-16(15)20)21-17(22)10-25-18(23)11-24-14-5-3-2-4-6-14/h2-9,12H,10-11H2,1H3,(H,21,22). The summed E-state index contributed by atoms with van der Waals surface area (Å²) in [5.41, 5.74) is 0.721. The summed E-state index contributed by atoms with van der Waals surface area (Å²) in [7, 11) is 0. The summed E-state index contributed by atoms with van der Waals surface area (Å²) >= 11 is 11.9. The van der Waals surface area contributed by atoms with Crippen LogP contribution in [0.15, 0.2) is 48.5 Å². The Balaban J connectivity index is 1.75. The maximum Gasteiger partial charge on any atom is 0.344 e. The molecule has 0 heterocycles. The monoisotopic (exact) mass is 381 g/mol. The molecule has 0 saturated carbocycles. The van der Waals surface area contributed by atoms with Crippen LogP contribution in [0.1, 0.15) is 18.5 Å². The van der Waals surface area contributed by atoms with Crippen molar-refractivity contribution in [3.63, 3.8) is 0 Å². The molecule has 0 bridgehead atoms. The molecule has 132 valence electrons. The minimum atomic E-state index is -0.629. The van der Waals surface area contributed by atoms with E-state index in [2.05, 4.69) is 5.32 Å². The highest BCUT2D eigenvalue weighted by Crippen LogP contribution is 2.25. The zero-order chi connectivity index (χ0) is 18.2. The van der Waals surface area contributed by atoms with Crippen molar-refractivity contribution >= 4 is 35.1 Å². The van der Waals surface area contributed by atoms with Crippen LogP contribution in [-0.2, 0) is 14.3 Å². The summed E-state index contributed by atoms with van der Waals surface area (Å²) in [4.78, 5) is 23.5. The molecule has 1 amide bonds. The van der Waals surface area contributed by atoms with E-state index in [1.54, 1.807) is 49.4 Å². The van der Waals surface area contributed by atoms with Crippen LogP contribution >= 0.6 is 23.2 Å². The summed E-state index contributed by atoms with van der Waals surface area (Å²) in [5, 5.41) is 3.67. The molecule has 0 spiro atoms. The molecular formula is C18H17Cl2NO4. The van der Waals surface area contributed by atoms with Crippen molar-refractivity contribution in [2.75, 3.05) is 13.2 Å². The minimum absolute atomic E-state index is 0.268. The van der Waals surface area contributed by atoms with Gasteiger partial charge in [-0.1, -0.05) is 47.5 Å². The molecule has 1 N–H and O–H groups in total. The molecule has 0 aliphatic heterocycles. The van der Waals surface area contributed by atoms with Crippen LogP contribution in [0.3, 0.4) is 0 Å². The first-order chi connectivity index (χ1) is 12.0. The number of para-hydroxylation sites is 1. The second kappa shape index (κ2) is 9.30. The lowest BCUT2D eigenvalue weighted by Gasteiger charge is -2.16. The van der Waals surface area contributed by atoms with E-state index in [4.69, 9.17) is 32.7 Å². The quantitative estimate of drug-likeness (QED) is 0.740. The number of nitrogens with one attached hydrogen (secondary N) is 1. The molecule has 7 heteroatoms. The highest BCUT2D eigenvalue weighted by Gasteiger charge is 2.14. The van der Waals surface area contributed by atoms with E-state index in [0.29, 0.717) is 15.8 Å². The fourth-order valence-corrected chi connectivity index (χ4v) is 2.63. The number of hydrogen-bond acceptors (Lipinski definition) is 4. The molecule has 1 atom stereocenters. The van der Waals surface area contributed by atoms with Gasteiger partial charge in [-0.05, 0) is 36.8 Å². The molecule has 0 aliphatic carbocycles. The Labute approximate surface area is 155 Å². The highest BCUT2D eigenvalue weighted by atomic mass is 35.5. The second-order valence-electron chi connectivity index (χ2n) is 5.22. The fourth-order valence-electron chi connectivity index (χ4n) is 2.06. The predicted octanol–water partition coefficient (Wildman–Crippen LogP) is 3.79. The number of ether oxygens (including phenoxy) is 2. The van der Waals surface area contributed by atoms with Gasteiger partial charge in [-0.25, -0.2) is 4.79 Å². The number of halogens is 2. The first-order valence-electron chi connectivity index (χ1n) is 7.53. The topological polar surface area (TPSA) is 64.6 Å². The van der Waals surface area contributed by atoms with Crippen molar-refractivity contribution in [3.05, 3.63) is 64.1 Å². The van der Waals surface area contributed by atoms with Gasteiger partial charge < -0.3 is 14.8 Å². The minimum Gasteiger partial charge on any atom is -0.482 e. The zero-order valence-electron chi connectivity index (χ0n) is 13.5. The average Bonchev–Trinajstić information content (AvgIpc) is 2.59. The first kappa shape index (κ1) is 19.1. The first-order valence-corrected chi connectivity index (χ1v) is 8.29. The number of hydrogen-bond donors (Lipinski definition) is 1. The molecular weight excluding hydrogens is 365 g/mol. The van der Waals surface area contributed by atoms with Gasteiger partial charge in [-0.3, -0.25) is 4.79 Å². The average molecular weight is 382 g/mol. The number of rotatable bonds is 7. The third-order valence-electron chi connectivity index (χ3n) is 3.27. The van der Waals surface area contributed by atoms with Crippen LogP contribution in [0.25, 0.3) is 0 Å². The second-order valence-corrected chi connectivity index (χ2v) is 6.06. The Morgan fingerprint density at radius 3 is 2.48 bits per heavy atom. The molecule has 0 aromatic heterocycles. The Hall–Kier alpha value is -2.24. The van der Waals surface area contributed by atoms with Gasteiger partial charge in [0.25, 0.3) is 5.91 Å². The van der Waals surface area contributed by atoms with E-state index < -0.39 is 18.5 Å². The molecule has 2 rings (SSSR count). The summed E-state index contributed by atoms with van der Waals surface area (Å²) < 4.78 is 10.1. The molecule has 0 saturated heterocycles. The number of carbonyl (C=O) groups excluding carboxylic acids is 2. The molecule has 2 aromatic carbocycles. The molecule has 5 nitrogen and oxygen atoms in total. The van der Waals surface area contributed by atoms with Gasteiger partial charge >= 0.3 is 5.97 Å². The Morgan fingerprint density at radius 1 is 1.08 bits per heavy atom.